The van der Waals surface area contributed by atoms with Gasteiger partial charge in [-0.1, -0.05) is 27.7 Å². The van der Waals surface area contributed by atoms with Gasteiger partial charge in [-0.2, -0.15) is 5.06 Å². The van der Waals surface area contributed by atoms with Crippen molar-refractivity contribution in [2.75, 3.05) is 26.7 Å². The molecule has 3 aliphatic rings. The Hall–Kier alpha value is -2.30. The normalized spacial score (nSPS) is 26.5. The number of thiazole rings is 1. The number of fused-ring (bicyclic) bond motifs is 1. The number of carbonyl (C=O) groups is 3. The van der Waals surface area contributed by atoms with Crippen LogP contribution >= 0.6 is 11.3 Å². The molecule has 10 heteroatoms. The van der Waals surface area contributed by atoms with E-state index in [1.54, 1.807) is 16.5 Å². The van der Waals surface area contributed by atoms with Crippen molar-refractivity contribution in [2.45, 2.75) is 77.7 Å². The average molecular weight is 518 g/mol. The van der Waals surface area contributed by atoms with Gasteiger partial charge in [-0.05, 0) is 63.7 Å². The summed E-state index contributed by atoms with van der Waals surface area (Å²) in [6, 6.07) is -0.510. The van der Waals surface area contributed by atoms with Gasteiger partial charge in [0.05, 0.1) is 17.7 Å². The van der Waals surface area contributed by atoms with Gasteiger partial charge < -0.3 is 14.7 Å². The summed E-state index contributed by atoms with van der Waals surface area (Å²) in [6.45, 7) is 10.3. The van der Waals surface area contributed by atoms with Crippen LogP contribution in [-0.4, -0.2) is 93.5 Å². The van der Waals surface area contributed by atoms with Gasteiger partial charge in [-0.25, -0.2) is 4.98 Å². The molecule has 3 fully saturated rings. The number of hydrogen-bond donors (Lipinski definition) is 0. The first-order valence-electron chi connectivity index (χ1n) is 13.0. The molecule has 0 spiro atoms. The van der Waals surface area contributed by atoms with Crippen LogP contribution in [0.1, 0.15) is 59.1 Å². The van der Waals surface area contributed by atoms with E-state index in [2.05, 4.69) is 30.8 Å². The van der Waals surface area contributed by atoms with Crippen molar-refractivity contribution in [3.63, 3.8) is 0 Å². The van der Waals surface area contributed by atoms with E-state index in [-0.39, 0.29) is 42.1 Å². The van der Waals surface area contributed by atoms with E-state index in [0.717, 1.165) is 25.9 Å². The number of likely N-dealkylation sites (tertiary alicyclic amines) is 1. The van der Waals surface area contributed by atoms with Gasteiger partial charge in [0.1, 0.15) is 6.04 Å². The lowest BCUT2D eigenvalue weighted by Gasteiger charge is -2.55. The first-order valence-corrected chi connectivity index (χ1v) is 14.0. The smallest absolute Gasteiger partial charge is 0.272 e. The summed E-state index contributed by atoms with van der Waals surface area (Å²) >= 11 is 1.46. The Labute approximate surface area is 218 Å². The molecule has 1 aromatic rings. The standard InChI is InChI=1S/C26H39N5O4S/c1-17(2)12-21-25(33)29(20-8-10-28(5)11-9-20)14-23-30(21)26(34)22(13-18(3)4)35-31(23)24(32)7-6-19-15-36-16-27-19/h6-7,15-18,20-23H,8-14H2,1-5H3/b7-6+/t21-,22+,23-/m0/s1. The average Bonchev–Trinajstić information content (AvgIpc) is 3.34. The quantitative estimate of drug-likeness (QED) is 0.517. The number of nitrogens with zero attached hydrogens (tertiary/aromatic N) is 5. The van der Waals surface area contributed by atoms with Gasteiger partial charge in [0.2, 0.25) is 5.91 Å². The number of carbonyl (C=O) groups excluding carboxylic acids is 3. The Morgan fingerprint density at radius 2 is 1.83 bits per heavy atom. The fourth-order valence-corrected chi connectivity index (χ4v) is 5.90. The van der Waals surface area contributed by atoms with Gasteiger partial charge in [-0.3, -0.25) is 19.2 Å². The highest BCUT2D eigenvalue weighted by Crippen LogP contribution is 2.34. The number of rotatable bonds is 7. The minimum Gasteiger partial charge on any atom is -0.334 e. The van der Waals surface area contributed by atoms with E-state index in [0.29, 0.717) is 18.5 Å². The maximum atomic E-state index is 13.9. The SMILES string of the molecule is CC(C)C[C@H]1ON(C(=O)/C=C/c2cscn2)[C@H]2CN(C3CCN(C)CC3)C(=O)[C@H](CC(C)C)N2C1=O. The van der Waals surface area contributed by atoms with Crippen molar-refractivity contribution < 1.29 is 19.2 Å². The summed E-state index contributed by atoms with van der Waals surface area (Å²) in [5.41, 5.74) is 2.41. The Balaban J connectivity index is 1.68. The van der Waals surface area contributed by atoms with Gasteiger partial charge in [0.15, 0.2) is 12.3 Å². The Morgan fingerprint density at radius 1 is 1.14 bits per heavy atom. The molecule has 0 N–H and O–H groups in total. The van der Waals surface area contributed by atoms with Gasteiger partial charge in [0, 0.05) is 17.5 Å². The second-order valence-electron chi connectivity index (χ2n) is 11.0. The van der Waals surface area contributed by atoms with Crippen molar-refractivity contribution in [3.05, 3.63) is 22.7 Å². The first kappa shape index (κ1) is 26.8. The summed E-state index contributed by atoms with van der Waals surface area (Å²) in [6.07, 6.45) is 4.44. The molecule has 3 atom stereocenters. The molecule has 0 aromatic carbocycles. The third-order valence-electron chi connectivity index (χ3n) is 7.20. The van der Waals surface area contributed by atoms with E-state index >= 15 is 0 Å². The molecule has 4 heterocycles. The van der Waals surface area contributed by atoms with E-state index in [9.17, 15) is 14.4 Å². The summed E-state index contributed by atoms with van der Waals surface area (Å²) in [7, 11) is 2.09. The minimum absolute atomic E-state index is 0.00142. The van der Waals surface area contributed by atoms with Gasteiger partial charge in [-0.15, -0.1) is 11.3 Å². The largest absolute Gasteiger partial charge is 0.334 e. The fraction of sp³-hybridized carbons (Fsp3) is 0.692. The molecule has 0 radical (unpaired) electrons. The highest BCUT2D eigenvalue weighted by molar-refractivity contribution is 7.07. The number of hydroxylamine groups is 2. The van der Waals surface area contributed by atoms with Gasteiger partial charge in [0.25, 0.3) is 11.8 Å². The number of piperidine rings is 1. The Kier molecular flexibility index (Phi) is 8.47. The predicted octanol–water partition coefficient (Wildman–Crippen LogP) is 2.85. The van der Waals surface area contributed by atoms with E-state index in [4.69, 9.17) is 4.84 Å². The molecular weight excluding hydrogens is 478 g/mol. The van der Waals surface area contributed by atoms with Crippen molar-refractivity contribution in [1.82, 2.24) is 24.7 Å². The van der Waals surface area contributed by atoms with E-state index in [1.165, 1.54) is 22.5 Å². The molecule has 198 valence electrons. The zero-order valence-corrected chi connectivity index (χ0v) is 22.8. The predicted molar refractivity (Wildman–Crippen MR) is 138 cm³/mol. The lowest BCUT2D eigenvalue weighted by Crippen LogP contribution is -2.74. The van der Waals surface area contributed by atoms with Crippen molar-refractivity contribution >= 4 is 35.1 Å². The van der Waals surface area contributed by atoms with Crippen LogP contribution in [0, 0.1) is 11.8 Å². The molecule has 3 amide bonds. The minimum atomic E-state index is -0.796. The van der Waals surface area contributed by atoms with Crippen molar-refractivity contribution in [2.24, 2.45) is 11.8 Å². The van der Waals surface area contributed by atoms with Crippen LogP contribution < -0.4 is 0 Å². The molecule has 0 saturated carbocycles. The third kappa shape index (κ3) is 5.81. The zero-order valence-electron chi connectivity index (χ0n) is 22.0. The number of hydrogen-bond acceptors (Lipinski definition) is 7. The summed E-state index contributed by atoms with van der Waals surface area (Å²) in [5.74, 6) is -0.135. The van der Waals surface area contributed by atoms with Crippen molar-refractivity contribution in [3.8, 4) is 0 Å². The molecule has 4 rings (SSSR count). The summed E-state index contributed by atoms with van der Waals surface area (Å²) in [4.78, 5) is 57.3. The molecular formula is C26H39N5O4S. The molecule has 3 saturated heterocycles. The topological polar surface area (TPSA) is 86.3 Å². The van der Waals surface area contributed by atoms with Crippen LogP contribution in [0.3, 0.4) is 0 Å². The molecule has 0 unspecified atom stereocenters. The molecule has 3 aliphatic heterocycles. The van der Waals surface area contributed by atoms with Crippen LogP contribution in [0.25, 0.3) is 6.08 Å². The second kappa shape index (κ2) is 11.4. The second-order valence-corrected chi connectivity index (χ2v) is 11.7. The highest BCUT2D eigenvalue weighted by atomic mass is 32.1. The van der Waals surface area contributed by atoms with Crippen LogP contribution in [0.4, 0.5) is 0 Å². The zero-order chi connectivity index (χ0) is 26.0. The van der Waals surface area contributed by atoms with Gasteiger partial charge >= 0.3 is 0 Å². The Morgan fingerprint density at radius 3 is 2.44 bits per heavy atom. The Bertz CT molecular complexity index is 958. The van der Waals surface area contributed by atoms with E-state index in [1.807, 2.05) is 24.1 Å². The van der Waals surface area contributed by atoms with Crippen molar-refractivity contribution in [1.29, 1.82) is 0 Å². The molecule has 36 heavy (non-hydrogen) atoms. The maximum absolute atomic E-state index is 13.9. The summed E-state index contributed by atoms with van der Waals surface area (Å²) in [5, 5.41) is 3.21. The fourth-order valence-electron chi connectivity index (χ4n) is 5.38. The molecule has 9 nitrogen and oxygen atoms in total. The van der Waals surface area contributed by atoms with Crippen LogP contribution in [-0.2, 0) is 19.2 Å². The van der Waals surface area contributed by atoms with Crippen LogP contribution in [0.2, 0.25) is 0 Å². The third-order valence-corrected chi connectivity index (χ3v) is 7.81. The summed E-state index contributed by atoms with van der Waals surface area (Å²) < 4.78 is 0. The van der Waals surface area contributed by atoms with E-state index < -0.39 is 18.3 Å². The number of piperazine rings is 1. The molecule has 0 aliphatic carbocycles. The molecule has 0 bridgehead atoms. The number of aromatic nitrogens is 1. The lowest BCUT2D eigenvalue weighted by atomic mass is 9.93. The number of amides is 3. The molecule has 1 aromatic heterocycles. The lowest BCUT2D eigenvalue weighted by molar-refractivity contribution is -0.275. The van der Waals surface area contributed by atoms with Crippen LogP contribution in [0.5, 0.6) is 0 Å². The highest BCUT2D eigenvalue weighted by Gasteiger charge is 2.53. The van der Waals surface area contributed by atoms with Crippen LogP contribution in [0.15, 0.2) is 17.0 Å². The first-order chi connectivity index (χ1) is 17.2. The monoisotopic (exact) mass is 517 g/mol. The maximum Gasteiger partial charge on any atom is 0.272 e.